The van der Waals surface area contributed by atoms with Gasteiger partial charge >= 0.3 is 5.97 Å². The minimum atomic E-state index is -1.11. The van der Waals surface area contributed by atoms with Crippen LogP contribution in [-0.4, -0.2) is 26.8 Å². The Morgan fingerprint density at radius 2 is 2.05 bits per heavy atom. The first-order chi connectivity index (χ1) is 9.88. The molecule has 0 aliphatic carbocycles. The average molecular weight is 295 g/mol. The summed E-state index contributed by atoms with van der Waals surface area (Å²) in [7, 11) is 0. The second kappa shape index (κ2) is 5.70. The molecule has 1 unspecified atom stereocenters. The number of aliphatic carboxylic acids is 1. The summed E-state index contributed by atoms with van der Waals surface area (Å²) in [5, 5.41) is 14.8. The number of nitrogens with zero attached hydrogens (tertiary/aromatic N) is 2. The summed E-state index contributed by atoms with van der Waals surface area (Å²) in [5.74, 6) is -3.36. The van der Waals surface area contributed by atoms with Crippen molar-refractivity contribution in [3.05, 3.63) is 47.8 Å². The largest absolute Gasteiger partial charge is 0.480 e. The van der Waals surface area contributed by atoms with Gasteiger partial charge in [0.15, 0.2) is 5.69 Å². The van der Waals surface area contributed by atoms with Crippen molar-refractivity contribution < 1.29 is 23.5 Å². The maximum absolute atomic E-state index is 13.4. The normalized spacial score (nSPS) is 12.0. The molecule has 0 saturated heterocycles. The number of anilines is 1. The SMILES string of the molecule is CC(C(=O)O)n1ccc(C(=O)Nc2cc(F)ccc2F)n1. The number of hydrogen-bond acceptors (Lipinski definition) is 3. The molecule has 21 heavy (non-hydrogen) atoms. The third kappa shape index (κ3) is 3.22. The van der Waals surface area contributed by atoms with Gasteiger partial charge in [-0.2, -0.15) is 5.10 Å². The number of halogens is 2. The summed E-state index contributed by atoms with van der Waals surface area (Å²) < 4.78 is 27.5. The van der Waals surface area contributed by atoms with Crippen LogP contribution in [0.25, 0.3) is 0 Å². The van der Waals surface area contributed by atoms with Gasteiger partial charge in [0.05, 0.1) is 5.69 Å². The molecule has 0 spiro atoms. The highest BCUT2D eigenvalue weighted by molar-refractivity contribution is 6.02. The smallest absolute Gasteiger partial charge is 0.328 e. The van der Waals surface area contributed by atoms with Gasteiger partial charge < -0.3 is 10.4 Å². The van der Waals surface area contributed by atoms with Gasteiger partial charge in [0.25, 0.3) is 5.91 Å². The van der Waals surface area contributed by atoms with Crippen LogP contribution >= 0.6 is 0 Å². The zero-order chi connectivity index (χ0) is 15.6. The quantitative estimate of drug-likeness (QED) is 0.904. The van der Waals surface area contributed by atoms with Gasteiger partial charge in [0.2, 0.25) is 0 Å². The van der Waals surface area contributed by atoms with Crippen LogP contribution in [0.3, 0.4) is 0 Å². The standard InChI is InChI=1S/C13H11F2N3O3/c1-7(13(20)21)18-5-4-10(17-18)12(19)16-11-6-8(14)2-3-9(11)15/h2-7H,1H3,(H,16,19)(H,20,21). The number of carbonyl (C=O) groups excluding carboxylic acids is 1. The number of carboxylic acid groups (broad SMARTS) is 1. The Hall–Kier alpha value is -2.77. The number of carbonyl (C=O) groups is 2. The van der Waals surface area contributed by atoms with E-state index in [-0.39, 0.29) is 11.4 Å². The predicted octanol–water partition coefficient (Wildman–Crippen LogP) is 2.06. The lowest BCUT2D eigenvalue weighted by molar-refractivity contribution is -0.140. The van der Waals surface area contributed by atoms with Crippen molar-refractivity contribution in [1.29, 1.82) is 0 Å². The lowest BCUT2D eigenvalue weighted by Gasteiger charge is -2.06. The molecule has 0 aliphatic heterocycles. The van der Waals surface area contributed by atoms with Crippen LogP contribution in [0.15, 0.2) is 30.5 Å². The van der Waals surface area contributed by atoms with Crippen molar-refractivity contribution in [2.75, 3.05) is 5.32 Å². The van der Waals surface area contributed by atoms with Crippen molar-refractivity contribution in [2.45, 2.75) is 13.0 Å². The van der Waals surface area contributed by atoms with E-state index in [9.17, 15) is 18.4 Å². The Labute approximate surface area is 118 Å². The van der Waals surface area contributed by atoms with Crippen LogP contribution in [0.1, 0.15) is 23.5 Å². The van der Waals surface area contributed by atoms with Crippen LogP contribution < -0.4 is 5.32 Å². The number of carboxylic acids is 1. The molecule has 2 aromatic rings. The molecule has 110 valence electrons. The number of hydrogen-bond donors (Lipinski definition) is 2. The van der Waals surface area contributed by atoms with Crippen molar-refractivity contribution >= 4 is 17.6 Å². The highest BCUT2D eigenvalue weighted by Crippen LogP contribution is 2.16. The fourth-order valence-corrected chi connectivity index (χ4v) is 1.57. The summed E-state index contributed by atoms with van der Waals surface area (Å²) >= 11 is 0. The molecule has 0 aliphatic rings. The maximum atomic E-state index is 13.4. The van der Waals surface area contributed by atoms with Crippen molar-refractivity contribution in [1.82, 2.24) is 9.78 Å². The van der Waals surface area contributed by atoms with E-state index >= 15 is 0 Å². The second-order valence-corrected chi connectivity index (χ2v) is 4.27. The average Bonchev–Trinajstić information content (AvgIpc) is 2.91. The predicted molar refractivity (Wildman–Crippen MR) is 68.9 cm³/mol. The van der Waals surface area contributed by atoms with E-state index in [0.717, 1.165) is 22.9 Å². The van der Waals surface area contributed by atoms with Crippen LogP contribution in [0.4, 0.5) is 14.5 Å². The monoisotopic (exact) mass is 295 g/mol. The van der Waals surface area contributed by atoms with E-state index in [2.05, 4.69) is 10.4 Å². The molecule has 2 rings (SSSR count). The van der Waals surface area contributed by atoms with Crippen molar-refractivity contribution in [3.8, 4) is 0 Å². The Kier molecular flexibility index (Phi) is 3.97. The van der Waals surface area contributed by atoms with Gasteiger partial charge in [-0.25, -0.2) is 13.6 Å². The lowest BCUT2D eigenvalue weighted by Crippen LogP contribution is -2.18. The van der Waals surface area contributed by atoms with E-state index in [1.165, 1.54) is 19.2 Å². The van der Waals surface area contributed by atoms with E-state index in [1.54, 1.807) is 0 Å². The Bertz CT molecular complexity index is 700. The minimum Gasteiger partial charge on any atom is -0.480 e. The Balaban J connectivity index is 2.17. The number of aromatic nitrogens is 2. The molecule has 0 saturated carbocycles. The Morgan fingerprint density at radius 1 is 1.33 bits per heavy atom. The fraction of sp³-hybridized carbons (Fsp3) is 0.154. The molecule has 1 aromatic carbocycles. The van der Waals surface area contributed by atoms with E-state index in [0.29, 0.717) is 0 Å². The van der Waals surface area contributed by atoms with E-state index < -0.39 is 29.6 Å². The molecular formula is C13H11F2N3O3. The van der Waals surface area contributed by atoms with Crippen LogP contribution in [0, 0.1) is 11.6 Å². The summed E-state index contributed by atoms with van der Waals surface area (Å²) in [6.07, 6.45) is 1.32. The van der Waals surface area contributed by atoms with E-state index in [4.69, 9.17) is 5.11 Å². The number of rotatable bonds is 4. The molecule has 6 nitrogen and oxygen atoms in total. The van der Waals surface area contributed by atoms with Gasteiger partial charge in [0.1, 0.15) is 17.7 Å². The summed E-state index contributed by atoms with van der Waals surface area (Å²) in [4.78, 5) is 22.7. The molecule has 1 heterocycles. The lowest BCUT2D eigenvalue weighted by atomic mass is 10.3. The topological polar surface area (TPSA) is 84.2 Å². The summed E-state index contributed by atoms with van der Waals surface area (Å²) in [6.45, 7) is 1.39. The maximum Gasteiger partial charge on any atom is 0.328 e. The first-order valence-electron chi connectivity index (χ1n) is 5.93. The fourth-order valence-electron chi connectivity index (χ4n) is 1.57. The zero-order valence-corrected chi connectivity index (χ0v) is 10.9. The van der Waals surface area contributed by atoms with Crippen LogP contribution in [0.2, 0.25) is 0 Å². The summed E-state index contributed by atoms with van der Waals surface area (Å²) in [5.41, 5.74) is -0.424. The molecule has 1 atom stereocenters. The molecular weight excluding hydrogens is 284 g/mol. The van der Waals surface area contributed by atoms with Crippen molar-refractivity contribution in [3.63, 3.8) is 0 Å². The molecule has 1 aromatic heterocycles. The first kappa shape index (κ1) is 14.6. The number of benzene rings is 1. The first-order valence-corrected chi connectivity index (χ1v) is 5.93. The molecule has 0 fully saturated rings. The molecule has 2 N–H and O–H groups in total. The van der Waals surface area contributed by atoms with Crippen molar-refractivity contribution in [2.24, 2.45) is 0 Å². The van der Waals surface area contributed by atoms with Crippen LogP contribution in [0.5, 0.6) is 0 Å². The zero-order valence-electron chi connectivity index (χ0n) is 10.9. The highest BCUT2D eigenvalue weighted by atomic mass is 19.1. The third-order valence-electron chi connectivity index (χ3n) is 2.77. The van der Waals surface area contributed by atoms with Gasteiger partial charge in [-0.1, -0.05) is 0 Å². The molecule has 0 bridgehead atoms. The number of amides is 1. The van der Waals surface area contributed by atoms with Gasteiger partial charge in [0, 0.05) is 12.3 Å². The van der Waals surface area contributed by atoms with Gasteiger partial charge in [-0.05, 0) is 25.1 Å². The third-order valence-corrected chi connectivity index (χ3v) is 2.77. The van der Waals surface area contributed by atoms with Gasteiger partial charge in [-0.15, -0.1) is 0 Å². The Morgan fingerprint density at radius 3 is 2.71 bits per heavy atom. The molecule has 8 heteroatoms. The van der Waals surface area contributed by atoms with Crippen LogP contribution in [-0.2, 0) is 4.79 Å². The molecule has 0 radical (unpaired) electrons. The minimum absolute atomic E-state index is 0.105. The van der Waals surface area contributed by atoms with E-state index in [1.807, 2.05) is 0 Å². The molecule has 1 amide bonds. The number of nitrogens with one attached hydrogen (secondary N) is 1. The highest BCUT2D eigenvalue weighted by Gasteiger charge is 2.17. The van der Waals surface area contributed by atoms with Gasteiger partial charge in [-0.3, -0.25) is 9.48 Å². The second-order valence-electron chi connectivity index (χ2n) is 4.27. The summed E-state index contributed by atoms with van der Waals surface area (Å²) in [6, 6.07) is 2.98.